The van der Waals surface area contributed by atoms with Gasteiger partial charge in [0.1, 0.15) is 0 Å². The monoisotopic (exact) mass is 195 g/mol. The van der Waals surface area contributed by atoms with Gasteiger partial charge in [0.15, 0.2) is 0 Å². The predicted molar refractivity (Wildman–Crippen MR) is 58.1 cm³/mol. The highest BCUT2D eigenvalue weighted by molar-refractivity contribution is 5.33. The first kappa shape index (κ1) is 11.5. The molecule has 2 nitrogen and oxygen atoms in total. The van der Waals surface area contributed by atoms with E-state index in [1.165, 1.54) is 51.4 Å². The summed E-state index contributed by atoms with van der Waals surface area (Å²) in [6, 6.07) is 0.269. The third-order valence-corrected chi connectivity index (χ3v) is 3.06. The maximum Gasteiger partial charge on any atom is 0.235 e. The summed E-state index contributed by atoms with van der Waals surface area (Å²) in [5.74, 6) is 0. The van der Waals surface area contributed by atoms with Gasteiger partial charge in [-0.3, -0.25) is 0 Å². The van der Waals surface area contributed by atoms with Crippen molar-refractivity contribution in [1.82, 2.24) is 0 Å². The minimum atomic E-state index is 0.269. The van der Waals surface area contributed by atoms with Crippen LogP contribution in [-0.2, 0) is 4.79 Å². The number of aliphatic imine (C=N–C) groups is 1. The van der Waals surface area contributed by atoms with Crippen LogP contribution in [0.15, 0.2) is 4.99 Å². The van der Waals surface area contributed by atoms with Crippen molar-refractivity contribution in [1.29, 1.82) is 0 Å². The molecule has 0 atom stereocenters. The van der Waals surface area contributed by atoms with Crippen molar-refractivity contribution in [3.05, 3.63) is 0 Å². The van der Waals surface area contributed by atoms with Crippen molar-refractivity contribution >= 4 is 6.08 Å². The zero-order valence-electron chi connectivity index (χ0n) is 9.00. The van der Waals surface area contributed by atoms with E-state index in [1.807, 2.05) is 0 Å². The Labute approximate surface area is 86.8 Å². The molecule has 0 unspecified atom stereocenters. The number of carbonyl (C=O) groups excluding carboxylic acids is 1. The van der Waals surface area contributed by atoms with Gasteiger partial charge in [-0.05, 0) is 12.8 Å². The van der Waals surface area contributed by atoms with Crippen LogP contribution in [0.5, 0.6) is 0 Å². The van der Waals surface area contributed by atoms with Gasteiger partial charge >= 0.3 is 0 Å². The highest BCUT2D eigenvalue weighted by Gasteiger charge is 2.07. The average molecular weight is 195 g/mol. The fraction of sp³-hybridized carbons (Fsp3) is 0.917. The minimum Gasteiger partial charge on any atom is -0.211 e. The van der Waals surface area contributed by atoms with E-state index in [9.17, 15) is 4.79 Å². The summed E-state index contributed by atoms with van der Waals surface area (Å²) in [4.78, 5) is 14.1. The van der Waals surface area contributed by atoms with E-state index in [0.717, 1.165) is 12.8 Å². The van der Waals surface area contributed by atoms with Crippen molar-refractivity contribution in [2.75, 3.05) is 0 Å². The van der Waals surface area contributed by atoms with Crippen LogP contribution in [0.2, 0.25) is 0 Å². The molecule has 1 rings (SSSR count). The fourth-order valence-corrected chi connectivity index (χ4v) is 2.17. The zero-order valence-corrected chi connectivity index (χ0v) is 9.00. The highest BCUT2D eigenvalue weighted by atomic mass is 16.1. The lowest BCUT2D eigenvalue weighted by molar-refractivity contribution is 0.501. The number of hydrogen-bond acceptors (Lipinski definition) is 2. The molecular weight excluding hydrogens is 174 g/mol. The Balaban J connectivity index is 2.30. The molecule has 2 heteroatoms. The van der Waals surface area contributed by atoms with Gasteiger partial charge in [0, 0.05) is 0 Å². The normalized spacial score (nSPS) is 22.0. The lowest BCUT2D eigenvalue weighted by atomic mass is 10.0. The van der Waals surface area contributed by atoms with E-state index < -0.39 is 0 Å². The quantitative estimate of drug-likeness (QED) is 0.464. The van der Waals surface area contributed by atoms with Crippen molar-refractivity contribution < 1.29 is 4.79 Å². The fourth-order valence-electron chi connectivity index (χ4n) is 2.17. The molecule has 0 aliphatic heterocycles. The number of hydrogen-bond donors (Lipinski definition) is 0. The molecule has 0 aromatic heterocycles. The predicted octanol–water partition coefficient (Wildman–Crippen LogP) is 3.61. The smallest absolute Gasteiger partial charge is 0.211 e. The SMILES string of the molecule is O=C=NC1CCCCCCCCCC1. The molecule has 0 N–H and O–H groups in total. The Hall–Kier alpha value is -0.620. The first-order valence-corrected chi connectivity index (χ1v) is 6.00. The van der Waals surface area contributed by atoms with Gasteiger partial charge in [-0.2, -0.15) is 0 Å². The zero-order chi connectivity index (χ0) is 10.1. The first-order chi connectivity index (χ1) is 6.93. The van der Waals surface area contributed by atoms with Crippen molar-refractivity contribution in [2.45, 2.75) is 70.3 Å². The van der Waals surface area contributed by atoms with Gasteiger partial charge < -0.3 is 0 Å². The third-order valence-electron chi connectivity index (χ3n) is 3.06. The number of nitrogens with zero attached hydrogens (tertiary/aromatic N) is 1. The molecule has 0 radical (unpaired) electrons. The second-order valence-corrected chi connectivity index (χ2v) is 4.28. The van der Waals surface area contributed by atoms with Crippen molar-refractivity contribution in [3.8, 4) is 0 Å². The molecule has 0 saturated heterocycles. The standard InChI is InChI=1S/C12H21NO/c14-11-13-12-9-7-5-3-1-2-4-6-8-10-12/h12H,1-10H2. The van der Waals surface area contributed by atoms with Crippen LogP contribution in [0.25, 0.3) is 0 Å². The maximum absolute atomic E-state index is 10.2. The molecule has 14 heavy (non-hydrogen) atoms. The highest BCUT2D eigenvalue weighted by Crippen LogP contribution is 2.18. The van der Waals surface area contributed by atoms with Crippen LogP contribution >= 0.6 is 0 Å². The van der Waals surface area contributed by atoms with Crippen LogP contribution in [0, 0.1) is 0 Å². The summed E-state index contributed by atoms with van der Waals surface area (Å²) >= 11 is 0. The average Bonchev–Trinajstić information content (AvgIpc) is 2.24. The molecule has 0 aromatic rings. The van der Waals surface area contributed by atoms with Crippen LogP contribution in [0.3, 0.4) is 0 Å². The molecule has 1 aliphatic carbocycles. The second kappa shape index (κ2) is 7.75. The largest absolute Gasteiger partial charge is 0.235 e. The molecule has 0 heterocycles. The Bertz CT molecular complexity index is 173. The van der Waals surface area contributed by atoms with E-state index in [0.29, 0.717) is 0 Å². The maximum atomic E-state index is 10.2. The van der Waals surface area contributed by atoms with Crippen molar-refractivity contribution in [2.24, 2.45) is 4.99 Å². The van der Waals surface area contributed by atoms with Crippen molar-refractivity contribution in [3.63, 3.8) is 0 Å². The molecule has 0 spiro atoms. The van der Waals surface area contributed by atoms with Crippen LogP contribution < -0.4 is 0 Å². The molecule has 0 amide bonds. The molecule has 1 fully saturated rings. The number of rotatable bonds is 1. The van der Waals surface area contributed by atoms with Gasteiger partial charge in [-0.1, -0.05) is 51.4 Å². The summed E-state index contributed by atoms with van der Waals surface area (Å²) in [5.41, 5.74) is 0. The van der Waals surface area contributed by atoms with Crippen LogP contribution in [0.4, 0.5) is 0 Å². The first-order valence-electron chi connectivity index (χ1n) is 6.00. The number of isocyanates is 1. The Morgan fingerprint density at radius 1 is 0.786 bits per heavy atom. The van der Waals surface area contributed by atoms with E-state index in [4.69, 9.17) is 0 Å². The summed E-state index contributed by atoms with van der Waals surface area (Å²) < 4.78 is 0. The van der Waals surface area contributed by atoms with E-state index in [1.54, 1.807) is 6.08 Å². The molecular formula is C12H21NO. The van der Waals surface area contributed by atoms with Gasteiger partial charge in [-0.15, -0.1) is 0 Å². The summed E-state index contributed by atoms with van der Waals surface area (Å²) in [6.45, 7) is 0. The van der Waals surface area contributed by atoms with E-state index in [2.05, 4.69) is 4.99 Å². The molecule has 80 valence electrons. The molecule has 1 aliphatic rings. The summed E-state index contributed by atoms with van der Waals surface area (Å²) in [6.07, 6.45) is 14.5. The minimum absolute atomic E-state index is 0.269. The second-order valence-electron chi connectivity index (χ2n) is 4.28. The van der Waals surface area contributed by atoms with Gasteiger partial charge in [-0.25, -0.2) is 9.79 Å². The summed E-state index contributed by atoms with van der Waals surface area (Å²) in [5, 5.41) is 0. The Kier molecular flexibility index (Phi) is 6.34. The van der Waals surface area contributed by atoms with Crippen LogP contribution in [-0.4, -0.2) is 12.1 Å². The van der Waals surface area contributed by atoms with E-state index in [-0.39, 0.29) is 6.04 Å². The summed E-state index contributed by atoms with van der Waals surface area (Å²) in [7, 11) is 0. The van der Waals surface area contributed by atoms with Gasteiger partial charge in [0.2, 0.25) is 6.08 Å². The molecule has 1 saturated carbocycles. The lowest BCUT2D eigenvalue weighted by Crippen LogP contribution is -2.03. The molecule has 0 aromatic carbocycles. The van der Waals surface area contributed by atoms with Gasteiger partial charge in [0.05, 0.1) is 6.04 Å². The lowest BCUT2D eigenvalue weighted by Gasteiger charge is -2.08. The topological polar surface area (TPSA) is 29.4 Å². The van der Waals surface area contributed by atoms with Crippen LogP contribution in [0.1, 0.15) is 64.2 Å². The molecule has 0 bridgehead atoms. The Morgan fingerprint density at radius 2 is 1.21 bits per heavy atom. The Morgan fingerprint density at radius 3 is 1.64 bits per heavy atom. The van der Waals surface area contributed by atoms with Gasteiger partial charge in [0.25, 0.3) is 0 Å². The van der Waals surface area contributed by atoms with E-state index >= 15 is 0 Å². The third kappa shape index (κ3) is 5.18.